The van der Waals surface area contributed by atoms with Crippen LogP contribution in [-0.2, 0) is 24.2 Å². The van der Waals surface area contributed by atoms with E-state index in [1.165, 1.54) is 6.42 Å². The fraction of sp³-hybridized carbons (Fsp3) is 0.750. The Labute approximate surface area is 135 Å². The molecule has 1 aromatic heterocycles. The zero-order chi connectivity index (χ0) is 15.4. The summed E-state index contributed by atoms with van der Waals surface area (Å²) in [5, 5.41) is 4.57. The molecule has 0 bridgehead atoms. The smallest absolute Gasteiger partial charge is 0.143 e. The lowest BCUT2D eigenvalue weighted by Crippen LogP contribution is -2.35. The van der Waals surface area contributed by atoms with E-state index in [0.29, 0.717) is 6.42 Å². The molecule has 1 saturated carbocycles. The molecular weight excluding hydrogens is 330 g/mol. The Balaban J connectivity index is 2.16. The summed E-state index contributed by atoms with van der Waals surface area (Å²) in [6.45, 7) is 4.93. The van der Waals surface area contributed by atoms with Crippen molar-refractivity contribution in [2.45, 2.75) is 71.4 Å². The summed E-state index contributed by atoms with van der Waals surface area (Å²) in [6.07, 6.45) is 6.72. The minimum absolute atomic E-state index is 0.0182. The van der Waals surface area contributed by atoms with Crippen molar-refractivity contribution in [1.29, 1.82) is 0 Å². The Hall–Kier alpha value is -0.680. The number of hydrogen-bond acceptors (Lipinski definition) is 3. The molecule has 1 fully saturated rings. The zero-order valence-corrected chi connectivity index (χ0v) is 14.7. The second-order valence-corrected chi connectivity index (χ2v) is 6.72. The molecule has 1 aromatic rings. The molecule has 118 valence electrons. The van der Waals surface area contributed by atoms with E-state index < -0.39 is 0 Å². The van der Waals surface area contributed by atoms with Crippen molar-refractivity contribution in [3.8, 4) is 0 Å². The van der Waals surface area contributed by atoms with E-state index in [-0.39, 0.29) is 17.7 Å². The third-order valence-electron chi connectivity index (χ3n) is 4.52. The molecule has 1 aliphatic carbocycles. The van der Waals surface area contributed by atoms with E-state index in [9.17, 15) is 4.79 Å². The van der Waals surface area contributed by atoms with Gasteiger partial charge in [-0.05, 0) is 42.1 Å². The van der Waals surface area contributed by atoms with Crippen LogP contribution in [0.15, 0.2) is 4.47 Å². The summed E-state index contributed by atoms with van der Waals surface area (Å²) in [5.41, 5.74) is 8.26. The number of rotatable bonds is 5. The maximum atomic E-state index is 12.7. The summed E-state index contributed by atoms with van der Waals surface area (Å²) in [4.78, 5) is 12.7. The van der Waals surface area contributed by atoms with Crippen molar-refractivity contribution in [2.24, 2.45) is 11.7 Å². The Bertz CT molecular complexity index is 498. The predicted octanol–water partition coefficient (Wildman–Crippen LogP) is 3.25. The van der Waals surface area contributed by atoms with Gasteiger partial charge in [-0.2, -0.15) is 5.10 Å². The van der Waals surface area contributed by atoms with Crippen molar-refractivity contribution in [1.82, 2.24) is 9.78 Å². The molecule has 0 radical (unpaired) electrons. The third-order valence-corrected chi connectivity index (χ3v) is 5.43. The van der Waals surface area contributed by atoms with Gasteiger partial charge in [0.05, 0.1) is 15.9 Å². The van der Waals surface area contributed by atoms with Crippen LogP contribution in [0.5, 0.6) is 0 Å². The van der Waals surface area contributed by atoms with Gasteiger partial charge in [-0.3, -0.25) is 9.48 Å². The maximum absolute atomic E-state index is 12.7. The third kappa shape index (κ3) is 3.75. The lowest BCUT2D eigenvalue weighted by atomic mass is 9.89. The zero-order valence-electron chi connectivity index (χ0n) is 13.1. The summed E-state index contributed by atoms with van der Waals surface area (Å²) in [7, 11) is 0. The number of nitrogens with zero attached hydrogens (tertiary/aromatic N) is 2. The topological polar surface area (TPSA) is 60.9 Å². The molecule has 0 aliphatic heterocycles. The van der Waals surface area contributed by atoms with E-state index in [1.807, 2.05) is 4.68 Å². The Morgan fingerprint density at radius 1 is 1.33 bits per heavy atom. The molecule has 4 nitrogen and oxygen atoms in total. The molecular formula is C16H26BrN3O. The van der Waals surface area contributed by atoms with E-state index in [4.69, 9.17) is 5.73 Å². The lowest BCUT2D eigenvalue weighted by Gasteiger charge is -2.20. The standard InChI is InChI=1S/C16H26BrN3O/c1-3-13-16(17)14(20(4-2)19-13)10-15(21)11-8-6-5-7-9-12(11)18/h11-12H,3-10,18H2,1-2H3. The number of carbonyl (C=O) groups is 1. The van der Waals surface area contributed by atoms with Gasteiger partial charge in [-0.15, -0.1) is 0 Å². The highest BCUT2D eigenvalue weighted by molar-refractivity contribution is 9.10. The quantitative estimate of drug-likeness (QED) is 0.824. The van der Waals surface area contributed by atoms with Crippen molar-refractivity contribution in [3.63, 3.8) is 0 Å². The van der Waals surface area contributed by atoms with Crippen LogP contribution in [0.3, 0.4) is 0 Å². The van der Waals surface area contributed by atoms with Crippen molar-refractivity contribution >= 4 is 21.7 Å². The number of ketones is 1. The second kappa shape index (κ2) is 7.54. The van der Waals surface area contributed by atoms with Crippen molar-refractivity contribution in [2.75, 3.05) is 0 Å². The number of aromatic nitrogens is 2. The summed E-state index contributed by atoms with van der Waals surface area (Å²) < 4.78 is 2.95. The first-order chi connectivity index (χ1) is 10.1. The maximum Gasteiger partial charge on any atom is 0.143 e. The first kappa shape index (κ1) is 16.7. The van der Waals surface area contributed by atoms with Crippen LogP contribution in [-0.4, -0.2) is 21.6 Å². The Morgan fingerprint density at radius 2 is 2.05 bits per heavy atom. The fourth-order valence-corrected chi connectivity index (χ4v) is 3.92. The number of nitrogens with two attached hydrogens (primary N) is 1. The molecule has 1 aliphatic rings. The van der Waals surface area contributed by atoms with Crippen LogP contribution in [0.1, 0.15) is 57.3 Å². The van der Waals surface area contributed by atoms with Crippen LogP contribution >= 0.6 is 15.9 Å². The first-order valence-electron chi connectivity index (χ1n) is 8.10. The highest BCUT2D eigenvalue weighted by Crippen LogP contribution is 2.27. The normalized spacial score (nSPS) is 23.0. The molecule has 2 unspecified atom stereocenters. The van der Waals surface area contributed by atoms with E-state index >= 15 is 0 Å². The van der Waals surface area contributed by atoms with Crippen LogP contribution in [0.2, 0.25) is 0 Å². The van der Waals surface area contributed by atoms with Gasteiger partial charge in [0, 0.05) is 24.9 Å². The second-order valence-electron chi connectivity index (χ2n) is 5.93. The number of halogens is 1. The average molecular weight is 356 g/mol. The number of hydrogen-bond donors (Lipinski definition) is 1. The van der Waals surface area contributed by atoms with Gasteiger partial charge in [-0.1, -0.05) is 26.2 Å². The van der Waals surface area contributed by atoms with Crippen LogP contribution in [0, 0.1) is 5.92 Å². The van der Waals surface area contributed by atoms with Crippen LogP contribution < -0.4 is 5.73 Å². The summed E-state index contributed by atoms with van der Waals surface area (Å²) in [6, 6.07) is 0.0300. The molecule has 1 heterocycles. The minimum Gasteiger partial charge on any atom is -0.327 e. The number of aryl methyl sites for hydroxylation is 2. The van der Waals surface area contributed by atoms with Crippen molar-refractivity contribution < 1.29 is 4.79 Å². The first-order valence-corrected chi connectivity index (χ1v) is 8.90. The van der Waals surface area contributed by atoms with Gasteiger partial charge in [-0.25, -0.2) is 0 Å². The van der Waals surface area contributed by atoms with Gasteiger partial charge >= 0.3 is 0 Å². The monoisotopic (exact) mass is 355 g/mol. The summed E-state index contributed by atoms with van der Waals surface area (Å²) in [5.74, 6) is 0.298. The number of Topliss-reactive ketones (excluding diaryl/α,β-unsaturated/α-hetero) is 1. The molecule has 2 atom stereocenters. The minimum atomic E-state index is 0.0182. The largest absolute Gasteiger partial charge is 0.327 e. The van der Waals surface area contributed by atoms with Gasteiger partial charge in [0.25, 0.3) is 0 Å². The lowest BCUT2D eigenvalue weighted by molar-refractivity contribution is -0.123. The van der Waals surface area contributed by atoms with Crippen LogP contribution in [0.25, 0.3) is 0 Å². The SMILES string of the molecule is CCc1nn(CC)c(CC(=O)C2CCCCCC2N)c1Br. The molecule has 2 N–H and O–H groups in total. The van der Waals surface area contributed by atoms with Gasteiger partial charge in [0.1, 0.15) is 5.78 Å². The van der Waals surface area contributed by atoms with Crippen molar-refractivity contribution in [3.05, 3.63) is 15.9 Å². The Morgan fingerprint density at radius 3 is 2.71 bits per heavy atom. The van der Waals surface area contributed by atoms with Gasteiger partial charge < -0.3 is 5.73 Å². The molecule has 0 spiro atoms. The molecule has 5 heteroatoms. The fourth-order valence-electron chi connectivity index (χ4n) is 3.22. The molecule has 0 aromatic carbocycles. The van der Waals surface area contributed by atoms with E-state index in [0.717, 1.165) is 54.5 Å². The molecule has 0 saturated heterocycles. The summed E-state index contributed by atoms with van der Waals surface area (Å²) >= 11 is 3.62. The van der Waals surface area contributed by atoms with E-state index in [1.54, 1.807) is 0 Å². The van der Waals surface area contributed by atoms with Gasteiger partial charge in [0.15, 0.2) is 0 Å². The molecule has 2 rings (SSSR count). The highest BCUT2D eigenvalue weighted by Gasteiger charge is 2.28. The average Bonchev–Trinajstić information content (AvgIpc) is 2.63. The molecule has 21 heavy (non-hydrogen) atoms. The molecule has 0 amide bonds. The van der Waals surface area contributed by atoms with E-state index in [2.05, 4.69) is 34.9 Å². The predicted molar refractivity (Wildman–Crippen MR) is 88.2 cm³/mol. The highest BCUT2D eigenvalue weighted by atomic mass is 79.9. The van der Waals surface area contributed by atoms with Gasteiger partial charge in [0.2, 0.25) is 0 Å². The Kier molecular flexibility index (Phi) is 5.99. The number of carbonyl (C=O) groups excluding carboxylic acids is 1. The van der Waals surface area contributed by atoms with Crippen LogP contribution in [0.4, 0.5) is 0 Å².